The molecule has 0 unspecified atom stereocenters. The van der Waals surface area contributed by atoms with Gasteiger partial charge < -0.3 is 14.5 Å². The fourth-order valence-electron chi connectivity index (χ4n) is 2.79. The summed E-state index contributed by atoms with van der Waals surface area (Å²) in [6.07, 6.45) is 4.76. The minimum atomic E-state index is -0.111. The van der Waals surface area contributed by atoms with Crippen molar-refractivity contribution in [2.45, 2.75) is 18.9 Å². The van der Waals surface area contributed by atoms with E-state index in [9.17, 15) is 9.59 Å². The van der Waals surface area contributed by atoms with Gasteiger partial charge in [-0.15, -0.1) is 0 Å². The quantitative estimate of drug-likeness (QED) is 0.817. The van der Waals surface area contributed by atoms with Crippen molar-refractivity contribution in [1.82, 2.24) is 14.8 Å². The highest BCUT2D eigenvalue weighted by Crippen LogP contribution is 2.22. The summed E-state index contributed by atoms with van der Waals surface area (Å²) in [4.78, 5) is 31.4. The molecule has 0 spiro atoms. The maximum absolute atomic E-state index is 12.3. The van der Waals surface area contributed by atoms with E-state index in [1.54, 1.807) is 22.2 Å². The fraction of sp³-hybridized carbons (Fsp3) is 0.533. The Morgan fingerprint density at radius 2 is 2.14 bits per heavy atom. The number of hydrogen-bond donors (Lipinski definition) is 0. The summed E-state index contributed by atoms with van der Waals surface area (Å²) in [5.41, 5.74) is 1.03. The number of ether oxygens (including phenoxy) is 1. The van der Waals surface area contributed by atoms with Crippen molar-refractivity contribution in [2.24, 2.45) is 0 Å². The van der Waals surface area contributed by atoms with Gasteiger partial charge in [0.1, 0.15) is 6.10 Å². The first-order valence-corrected chi connectivity index (χ1v) is 7.31. The van der Waals surface area contributed by atoms with Crippen molar-refractivity contribution in [3.05, 3.63) is 30.1 Å². The van der Waals surface area contributed by atoms with E-state index < -0.39 is 0 Å². The minimum Gasteiger partial charge on any atom is -0.370 e. The third kappa shape index (κ3) is 3.21. The van der Waals surface area contributed by atoms with Crippen LogP contribution in [-0.2, 0) is 14.3 Å². The molecule has 0 aromatic carbocycles. The zero-order valence-electron chi connectivity index (χ0n) is 11.9. The Labute approximate surface area is 123 Å². The predicted molar refractivity (Wildman–Crippen MR) is 75.3 cm³/mol. The molecule has 21 heavy (non-hydrogen) atoms. The van der Waals surface area contributed by atoms with Crippen molar-refractivity contribution in [1.29, 1.82) is 0 Å². The van der Waals surface area contributed by atoms with E-state index >= 15 is 0 Å². The van der Waals surface area contributed by atoms with Crippen molar-refractivity contribution >= 4 is 11.8 Å². The van der Waals surface area contributed by atoms with Gasteiger partial charge in [0.25, 0.3) is 0 Å². The molecule has 2 aliphatic rings. The van der Waals surface area contributed by atoms with Crippen LogP contribution in [0.15, 0.2) is 24.5 Å². The standard InChI is InChI=1S/C15H19N3O3/c19-14-2-1-7-17(14)11-15(20)18-8-9-21-13(10-18)12-3-5-16-6-4-12/h3-6,13H,1-2,7-11H2/t13-/m1/s1. The SMILES string of the molecule is O=C1CCCN1CC(=O)N1CCO[C@@H](c2ccncc2)C1. The highest BCUT2D eigenvalue weighted by Gasteiger charge is 2.29. The molecule has 0 aliphatic carbocycles. The molecule has 3 heterocycles. The Morgan fingerprint density at radius 1 is 1.33 bits per heavy atom. The van der Waals surface area contributed by atoms with Gasteiger partial charge in [0.05, 0.1) is 19.7 Å². The first-order valence-electron chi connectivity index (χ1n) is 7.31. The summed E-state index contributed by atoms with van der Waals surface area (Å²) in [7, 11) is 0. The molecule has 6 nitrogen and oxygen atoms in total. The van der Waals surface area contributed by atoms with Gasteiger partial charge in [-0.05, 0) is 24.1 Å². The molecular formula is C15H19N3O3. The van der Waals surface area contributed by atoms with Crippen LogP contribution in [0, 0.1) is 0 Å². The van der Waals surface area contributed by atoms with E-state index in [1.165, 1.54) is 0 Å². The molecule has 1 atom stereocenters. The molecule has 2 amide bonds. The smallest absolute Gasteiger partial charge is 0.242 e. The number of hydrogen-bond acceptors (Lipinski definition) is 4. The van der Waals surface area contributed by atoms with Crippen LogP contribution in [0.3, 0.4) is 0 Å². The number of carbonyl (C=O) groups is 2. The van der Waals surface area contributed by atoms with Gasteiger partial charge in [0.15, 0.2) is 0 Å². The molecule has 0 bridgehead atoms. The summed E-state index contributed by atoms with van der Waals surface area (Å²) in [6.45, 7) is 2.53. The Balaban J connectivity index is 1.60. The second-order valence-corrected chi connectivity index (χ2v) is 5.40. The molecule has 2 aliphatic heterocycles. The van der Waals surface area contributed by atoms with E-state index in [0.29, 0.717) is 32.7 Å². The number of aromatic nitrogens is 1. The zero-order chi connectivity index (χ0) is 14.7. The maximum atomic E-state index is 12.3. The molecule has 0 saturated carbocycles. The lowest BCUT2D eigenvalue weighted by atomic mass is 10.1. The summed E-state index contributed by atoms with van der Waals surface area (Å²) < 4.78 is 5.73. The normalized spacial score (nSPS) is 22.7. The molecule has 2 saturated heterocycles. The fourth-order valence-corrected chi connectivity index (χ4v) is 2.79. The largest absolute Gasteiger partial charge is 0.370 e. The van der Waals surface area contributed by atoms with Crippen LogP contribution < -0.4 is 0 Å². The molecule has 6 heteroatoms. The first kappa shape index (κ1) is 14.0. The number of pyridine rings is 1. The predicted octanol–water partition coefficient (Wildman–Crippen LogP) is 0.604. The number of amides is 2. The Kier molecular flexibility index (Phi) is 4.15. The third-order valence-corrected chi connectivity index (χ3v) is 3.99. The lowest BCUT2D eigenvalue weighted by Gasteiger charge is -2.34. The highest BCUT2D eigenvalue weighted by molar-refractivity contribution is 5.85. The third-order valence-electron chi connectivity index (χ3n) is 3.99. The Morgan fingerprint density at radius 3 is 2.86 bits per heavy atom. The van der Waals surface area contributed by atoms with E-state index in [4.69, 9.17) is 4.74 Å². The average Bonchev–Trinajstić information content (AvgIpc) is 2.93. The van der Waals surface area contributed by atoms with Gasteiger partial charge in [0, 0.05) is 31.9 Å². The summed E-state index contributed by atoms with van der Waals surface area (Å²) >= 11 is 0. The molecule has 1 aromatic heterocycles. The van der Waals surface area contributed by atoms with Crippen molar-refractivity contribution in [2.75, 3.05) is 32.8 Å². The molecular weight excluding hydrogens is 270 g/mol. The maximum Gasteiger partial charge on any atom is 0.242 e. The molecule has 1 aromatic rings. The van der Waals surface area contributed by atoms with Crippen molar-refractivity contribution < 1.29 is 14.3 Å². The molecule has 112 valence electrons. The second kappa shape index (κ2) is 6.22. The second-order valence-electron chi connectivity index (χ2n) is 5.40. The molecule has 2 fully saturated rings. The Hall–Kier alpha value is -1.95. The van der Waals surface area contributed by atoms with E-state index in [-0.39, 0.29) is 24.5 Å². The molecule has 0 N–H and O–H groups in total. The van der Waals surface area contributed by atoms with Crippen LogP contribution >= 0.6 is 0 Å². The van der Waals surface area contributed by atoms with E-state index in [1.807, 2.05) is 12.1 Å². The van der Waals surface area contributed by atoms with Gasteiger partial charge in [-0.1, -0.05) is 0 Å². The molecule has 0 radical (unpaired) electrons. The van der Waals surface area contributed by atoms with Crippen LogP contribution in [0.1, 0.15) is 24.5 Å². The minimum absolute atomic E-state index is 0.00704. The number of morpholine rings is 1. The van der Waals surface area contributed by atoms with E-state index in [2.05, 4.69) is 4.98 Å². The summed E-state index contributed by atoms with van der Waals surface area (Å²) in [5.74, 6) is 0.0925. The lowest BCUT2D eigenvalue weighted by Crippen LogP contribution is -2.46. The number of nitrogens with zero attached hydrogens (tertiary/aromatic N) is 3. The van der Waals surface area contributed by atoms with Crippen LogP contribution in [0.2, 0.25) is 0 Å². The monoisotopic (exact) mass is 289 g/mol. The van der Waals surface area contributed by atoms with Gasteiger partial charge >= 0.3 is 0 Å². The van der Waals surface area contributed by atoms with Crippen LogP contribution in [0.25, 0.3) is 0 Å². The number of carbonyl (C=O) groups excluding carboxylic acids is 2. The highest BCUT2D eigenvalue weighted by atomic mass is 16.5. The number of rotatable bonds is 3. The topological polar surface area (TPSA) is 62.7 Å². The number of likely N-dealkylation sites (tertiary alicyclic amines) is 1. The zero-order valence-corrected chi connectivity index (χ0v) is 11.9. The summed E-state index contributed by atoms with van der Waals surface area (Å²) in [6, 6.07) is 3.81. The van der Waals surface area contributed by atoms with Gasteiger partial charge in [-0.25, -0.2) is 0 Å². The Bertz CT molecular complexity index is 520. The average molecular weight is 289 g/mol. The summed E-state index contributed by atoms with van der Waals surface area (Å²) in [5, 5.41) is 0. The van der Waals surface area contributed by atoms with Crippen LogP contribution in [0.4, 0.5) is 0 Å². The van der Waals surface area contributed by atoms with E-state index in [0.717, 1.165) is 12.0 Å². The first-order chi connectivity index (χ1) is 10.2. The van der Waals surface area contributed by atoms with Crippen molar-refractivity contribution in [3.8, 4) is 0 Å². The van der Waals surface area contributed by atoms with Crippen LogP contribution in [0.5, 0.6) is 0 Å². The lowest BCUT2D eigenvalue weighted by molar-refractivity contribution is -0.143. The van der Waals surface area contributed by atoms with Gasteiger partial charge in [-0.3, -0.25) is 14.6 Å². The van der Waals surface area contributed by atoms with Gasteiger partial charge in [0.2, 0.25) is 11.8 Å². The van der Waals surface area contributed by atoms with Crippen molar-refractivity contribution in [3.63, 3.8) is 0 Å². The molecule has 3 rings (SSSR count). The van der Waals surface area contributed by atoms with Crippen LogP contribution in [-0.4, -0.2) is 59.4 Å². The van der Waals surface area contributed by atoms with Gasteiger partial charge in [-0.2, -0.15) is 0 Å².